The zero-order valence-electron chi connectivity index (χ0n) is 10.2. The monoisotopic (exact) mass is 273 g/mol. The highest BCUT2D eigenvalue weighted by Crippen LogP contribution is 2.21. The molecule has 0 aliphatic heterocycles. The van der Waals surface area contributed by atoms with E-state index in [9.17, 15) is 8.42 Å². The standard InChI is InChI=1S/C12H19NO2S2/c1-10(13)11-4-6-12(7-5-11)16-8-3-9-17(2,14)15/h4-7,10H,3,8-9,13H2,1-2H3. The fourth-order valence-electron chi connectivity index (χ4n) is 1.38. The van der Waals surface area contributed by atoms with Crippen LogP contribution in [0.25, 0.3) is 0 Å². The molecule has 1 aromatic carbocycles. The van der Waals surface area contributed by atoms with Crippen molar-refractivity contribution in [2.24, 2.45) is 5.73 Å². The number of benzene rings is 1. The number of rotatable bonds is 6. The van der Waals surface area contributed by atoms with Gasteiger partial charge in [0.2, 0.25) is 0 Å². The summed E-state index contributed by atoms with van der Waals surface area (Å²) < 4.78 is 21.9. The van der Waals surface area contributed by atoms with E-state index in [0.29, 0.717) is 6.42 Å². The first-order valence-electron chi connectivity index (χ1n) is 5.54. The van der Waals surface area contributed by atoms with Crippen molar-refractivity contribution >= 4 is 21.6 Å². The summed E-state index contributed by atoms with van der Waals surface area (Å²) in [6.07, 6.45) is 1.97. The molecule has 0 saturated carbocycles. The molecule has 0 spiro atoms. The Morgan fingerprint density at radius 2 is 1.88 bits per heavy atom. The first-order chi connectivity index (χ1) is 7.88. The van der Waals surface area contributed by atoms with Gasteiger partial charge in [0.1, 0.15) is 9.84 Å². The lowest BCUT2D eigenvalue weighted by atomic mass is 10.1. The molecule has 0 fully saturated rings. The van der Waals surface area contributed by atoms with Gasteiger partial charge in [-0.1, -0.05) is 12.1 Å². The first kappa shape index (κ1) is 14.5. The van der Waals surface area contributed by atoms with Gasteiger partial charge in [-0.05, 0) is 36.8 Å². The smallest absolute Gasteiger partial charge is 0.147 e. The predicted octanol–water partition coefficient (Wildman–Crippen LogP) is 2.23. The quantitative estimate of drug-likeness (QED) is 0.638. The lowest BCUT2D eigenvalue weighted by Gasteiger charge is -2.06. The fraction of sp³-hybridized carbons (Fsp3) is 0.500. The molecule has 1 aromatic rings. The average molecular weight is 273 g/mol. The molecule has 5 heteroatoms. The van der Waals surface area contributed by atoms with Crippen LogP contribution in [0.15, 0.2) is 29.2 Å². The summed E-state index contributed by atoms with van der Waals surface area (Å²) >= 11 is 1.68. The van der Waals surface area contributed by atoms with Crippen molar-refractivity contribution in [2.75, 3.05) is 17.8 Å². The van der Waals surface area contributed by atoms with Gasteiger partial charge >= 0.3 is 0 Å². The van der Waals surface area contributed by atoms with Crippen molar-refractivity contribution in [3.05, 3.63) is 29.8 Å². The molecule has 0 heterocycles. The molecule has 0 amide bonds. The normalized spacial score (nSPS) is 13.6. The molecule has 0 saturated heterocycles. The van der Waals surface area contributed by atoms with Crippen LogP contribution in [-0.2, 0) is 9.84 Å². The van der Waals surface area contributed by atoms with Gasteiger partial charge in [-0.2, -0.15) is 0 Å². The van der Waals surface area contributed by atoms with Gasteiger partial charge in [-0.15, -0.1) is 11.8 Å². The van der Waals surface area contributed by atoms with Crippen LogP contribution in [0.2, 0.25) is 0 Å². The van der Waals surface area contributed by atoms with Crippen LogP contribution in [0.4, 0.5) is 0 Å². The van der Waals surface area contributed by atoms with E-state index in [4.69, 9.17) is 5.73 Å². The van der Waals surface area contributed by atoms with Gasteiger partial charge in [-0.25, -0.2) is 8.42 Å². The van der Waals surface area contributed by atoms with Crippen LogP contribution in [-0.4, -0.2) is 26.2 Å². The maximum Gasteiger partial charge on any atom is 0.147 e. The van der Waals surface area contributed by atoms with Gasteiger partial charge in [0, 0.05) is 17.2 Å². The molecule has 0 aliphatic carbocycles. The van der Waals surface area contributed by atoms with Gasteiger partial charge in [0.15, 0.2) is 0 Å². The molecule has 1 unspecified atom stereocenters. The Labute approximate surface area is 108 Å². The van der Waals surface area contributed by atoms with E-state index >= 15 is 0 Å². The minimum absolute atomic E-state index is 0.0549. The van der Waals surface area contributed by atoms with E-state index < -0.39 is 9.84 Å². The van der Waals surface area contributed by atoms with Crippen molar-refractivity contribution in [1.29, 1.82) is 0 Å². The highest BCUT2D eigenvalue weighted by Gasteiger charge is 2.02. The number of thioether (sulfide) groups is 1. The van der Waals surface area contributed by atoms with E-state index in [1.165, 1.54) is 6.26 Å². The van der Waals surface area contributed by atoms with Crippen molar-refractivity contribution in [3.8, 4) is 0 Å². The van der Waals surface area contributed by atoms with Crippen molar-refractivity contribution in [1.82, 2.24) is 0 Å². The lowest BCUT2D eigenvalue weighted by molar-refractivity contribution is 0.600. The molecule has 0 aromatic heterocycles. The number of sulfone groups is 1. The number of hydrogen-bond donors (Lipinski definition) is 1. The summed E-state index contributed by atoms with van der Waals surface area (Å²) in [7, 11) is -2.83. The Balaban J connectivity index is 2.37. The highest BCUT2D eigenvalue weighted by atomic mass is 32.2. The maximum absolute atomic E-state index is 10.9. The van der Waals surface area contributed by atoms with Crippen molar-refractivity contribution in [2.45, 2.75) is 24.3 Å². The minimum atomic E-state index is -2.83. The molecule has 0 bridgehead atoms. The van der Waals surface area contributed by atoms with Crippen LogP contribution in [0, 0.1) is 0 Å². The van der Waals surface area contributed by atoms with Gasteiger partial charge in [0.05, 0.1) is 5.75 Å². The minimum Gasteiger partial charge on any atom is -0.324 e. The molecule has 0 radical (unpaired) electrons. The summed E-state index contributed by atoms with van der Waals surface area (Å²) in [4.78, 5) is 1.16. The Bertz CT molecular complexity index is 438. The summed E-state index contributed by atoms with van der Waals surface area (Å²) in [5.74, 6) is 1.09. The highest BCUT2D eigenvalue weighted by molar-refractivity contribution is 7.99. The number of nitrogens with two attached hydrogens (primary N) is 1. The van der Waals surface area contributed by atoms with E-state index in [-0.39, 0.29) is 11.8 Å². The first-order valence-corrected chi connectivity index (χ1v) is 8.59. The van der Waals surface area contributed by atoms with Crippen LogP contribution >= 0.6 is 11.8 Å². The van der Waals surface area contributed by atoms with Gasteiger partial charge in [-0.3, -0.25) is 0 Å². The SMILES string of the molecule is CC(N)c1ccc(SCCCS(C)(=O)=O)cc1. The molecule has 0 aliphatic rings. The zero-order valence-corrected chi connectivity index (χ0v) is 11.9. The van der Waals surface area contributed by atoms with Crippen LogP contribution < -0.4 is 5.73 Å². The third-order valence-electron chi connectivity index (χ3n) is 2.33. The molecule has 17 heavy (non-hydrogen) atoms. The van der Waals surface area contributed by atoms with E-state index in [0.717, 1.165) is 16.2 Å². The van der Waals surface area contributed by atoms with E-state index in [1.807, 2.05) is 31.2 Å². The predicted molar refractivity (Wildman–Crippen MR) is 74.1 cm³/mol. The molecule has 96 valence electrons. The molecule has 2 N–H and O–H groups in total. The topological polar surface area (TPSA) is 60.2 Å². The maximum atomic E-state index is 10.9. The molecule has 1 atom stereocenters. The van der Waals surface area contributed by atoms with E-state index in [2.05, 4.69) is 0 Å². The van der Waals surface area contributed by atoms with Crippen LogP contribution in [0.5, 0.6) is 0 Å². The average Bonchev–Trinajstić information content (AvgIpc) is 2.24. The largest absolute Gasteiger partial charge is 0.324 e. The Hall–Kier alpha value is -0.520. The van der Waals surface area contributed by atoms with Crippen molar-refractivity contribution in [3.63, 3.8) is 0 Å². The Morgan fingerprint density at radius 3 is 2.35 bits per heavy atom. The zero-order chi connectivity index (χ0) is 12.9. The van der Waals surface area contributed by atoms with E-state index in [1.54, 1.807) is 11.8 Å². The van der Waals surface area contributed by atoms with Crippen LogP contribution in [0.1, 0.15) is 24.9 Å². The summed E-state index contributed by atoms with van der Waals surface area (Å²) in [6, 6.07) is 8.15. The van der Waals surface area contributed by atoms with Gasteiger partial charge in [0.25, 0.3) is 0 Å². The van der Waals surface area contributed by atoms with Crippen molar-refractivity contribution < 1.29 is 8.42 Å². The van der Waals surface area contributed by atoms with Crippen LogP contribution in [0.3, 0.4) is 0 Å². The summed E-state index contributed by atoms with van der Waals surface area (Å²) in [6.45, 7) is 1.95. The molecular weight excluding hydrogens is 254 g/mol. The van der Waals surface area contributed by atoms with Gasteiger partial charge < -0.3 is 5.73 Å². The molecule has 1 rings (SSSR count). The second kappa shape index (κ2) is 6.42. The molecule has 3 nitrogen and oxygen atoms in total. The third kappa shape index (κ3) is 6.10. The molecular formula is C12H19NO2S2. The second-order valence-electron chi connectivity index (χ2n) is 4.19. The Kier molecular flexibility index (Phi) is 5.49. The summed E-state index contributed by atoms with van der Waals surface area (Å²) in [5.41, 5.74) is 6.88. The second-order valence-corrected chi connectivity index (χ2v) is 7.62. The number of hydrogen-bond acceptors (Lipinski definition) is 4. The lowest BCUT2D eigenvalue weighted by Crippen LogP contribution is -2.04. The third-order valence-corrected chi connectivity index (χ3v) is 4.46. The Morgan fingerprint density at radius 1 is 1.29 bits per heavy atom. The fourth-order valence-corrected chi connectivity index (χ4v) is 3.08. The summed E-state index contributed by atoms with van der Waals surface area (Å²) in [5, 5.41) is 0.